The Hall–Kier alpha value is -2.45. The fourth-order valence-corrected chi connectivity index (χ4v) is 2.07. The molecule has 8 nitrogen and oxygen atoms in total. The fourth-order valence-electron chi connectivity index (χ4n) is 2.07. The molecule has 2 rings (SSSR count). The van der Waals surface area contributed by atoms with Gasteiger partial charge in [-0.2, -0.15) is 0 Å². The summed E-state index contributed by atoms with van der Waals surface area (Å²) in [6, 6.07) is 5.86. The lowest BCUT2D eigenvalue weighted by Gasteiger charge is -2.27. The molecule has 118 valence electrons. The monoisotopic (exact) mass is 306 g/mol. The third kappa shape index (κ3) is 4.83. The molecule has 0 radical (unpaired) electrons. The Morgan fingerprint density at radius 1 is 1.18 bits per heavy atom. The quantitative estimate of drug-likeness (QED) is 0.553. The highest BCUT2D eigenvalue weighted by Crippen LogP contribution is 2.10. The number of carbonyl (C=O) groups excluding carboxylic acids is 2. The van der Waals surface area contributed by atoms with E-state index in [0.717, 1.165) is 13.1 Å². The minimum Gasteiger partial charge on any atom is -0.478 e. The molecule has 0 aliphatic carbocycles. The first-order chi connectivity index (χ1) is 10.5. The van der Waals surface area contributed by atoms with Gasteiger partial charge in [0.2, 0.25) is 11.8 Å². The molecule has 0 spiro atoms. The summed E-state index contributed by atoms with van der Waals surface area (Å²) in [5.41, 5.74) is 3.08. The molecule has 0 unspecified atom stereocenters. The number of piperazine rings is 1. The van der Waals surface area contributed by atoms with Gasteiger partial charge in [0.05, 0.1) is 5.56 Å². The highest BCUT2D eigenvalue weighted by molar-refractivity contribution is 6.03. The average Bonchev–Trinajstić information content (AvgIpc) is 2.48. The number of carboxylic acids is 1. The van der Waals surface area contributed by atoms with Crippen molar-refractivity contribution in [3.05, 3.63) is 29.8 Å². The van der Waals surface area contributed by atoms with Gasteiger partial charge in [-0.1, -0.05) is 6.07 Å². The van der Waals surface area contributed by atoms with Crippen LogP contribution < -0.4 is 16.1 Å². The summed E-state index contributed by atoms with van der Waals surface area (Å²) in [6.45, 7) is 2.95. The zero-order valence-corrected chi connectivity index (χ0v) is 12.0. The minimum absolute atomic E-state index is 0.0723. The van der Waals surface area contributed by atoms with Crippen molar-refractivity contribution in [3.8, 4) is 0 Å². The number of carbonyl (C=O) groups is 3. The lowest BCUT2D eigenvalue weighted by atomic mass is 10.2. The molecular weight excluding hydrogens is 288 g/mol. The predicted molar refractivity (Wildman–Crippen MR) is 79.2 cm³/mol. The number of nitrogens with zero attached hydrogens (tertiary/aromatic N) is 1. The van der Waals surface area contributed by atoms with Gasteiger partial charge in [0.1, 0.15) is 6.42 Å². The molecular formula is C14H18N4O4. The number of carboxylic acid groups (broad SMARTS) is 1. The first-order valence-corrected chi connectivity index (χ1v) is 6.93. The highest BCUT2D eigenvalue weighted by atomic mass is 16.4. The Morgan fingerprint density at radius 2 is 1.91 bits per heavy atom. The summed E-state index contributed by atoms with van der Waals surface area (Å²) >= 11 is 0. The second-order valence-corrected chi connectivity index (χ2v) is 4.88. The number of rotatable bonds is 5. The summed E-state index contributed by atoms with van der Waals surface area (Å²) in [5, 5.41) is 16.3. The van der Waals surface area contributed by atoms with Gasteiger partial charge in [0.15, 0.2) is 0 Å². The molecule has 1 heterocycles. The third-order valence-electron chi connectivity index (χ3n) is 3.11. The summed E-state index contributed by atoms with van der Waals surface area (Å²) in [6.07, 6.45) is -0.318. The molecule has 1 aliphatic heterocycles. The van der Waals surface area contributed by atoms with Crippen LogP contribution in [0.1, 0.15) is 16.8 Å². The maximum atomic E-state index is 11.8. The van der Waals surface area contributed by atoms with Crippen LogP contribution in [-0.2, 0) is 9.59 Å². The second kappa shape index (κ2) is 7.53. The number of hydrogen-bond donors (Lipinski definition) is 4. The van der Waals surface area contributed by atoms with Crippen molar-refractivity contribution in [1.29, 1.82) is 0 Å². The summed E-state index contributed by atoms with van der Waals surface area (Å²) in [5.74, 6) is -1.96. The molecule has 0 bridgehead atoms. The first kappa shape index (κ1) is 15.9. The zero-order valence-electron chi connectivity index (χ0n) is 12.0. The highest BCUT2D eigenvalue weighted by Gasteiger charge is 2.15. The van der Waals surface area contributed by atoms with E-state index >= 15 is 0 Å². The Kier molecular flexibility index (Phi) is 5.45. The van der Waals surface area contributed by atoms with Crippen molar-refractivity contribution in [2.75, 3.05) is 31.5 Å². The van der Waals surface area contributed by atoms with Gasteiger partial charge in [-0.3, -0.25) is 15.0 Å². The zero-order chi connectivity index (χ0) is 15.9. The van der Waals surface area contributed by atoms with Crippen LogP contribution in [0.15, 0.2) is 24.3 Å². The SMILES string of the molecule is O=C(CC(=O)NN1CCNCC1)Nc1cccc(C(=O)O)c1. The van der Waals surface area contributed by atoms with Crippen molar-refractivity contribution in [2.24, 2.45) is 0 Å². The van der Waals surface area contributed by atoms with Gasteiger partial charge in [0, 0.05) is 31.9 Å². The van der Waals surface area contributed by atoms with Gasteiger partial charge >= 0.3 is 5.97 Å². The number of hydrogen-bond acceptors (Lipinski definition) is 5. The van der Waals surface area contributed by atoms with Crippen LogP contribution in [0.4, 0.5) is 5.69 Å². The van der Waals surface area contributed by atoms with Crippen molar-refractivity contribution in [1.82, 2.24) is 15.8 Å². The van der Waals surface area contributed by atoms with E-state index in [1.807, 2.05) is 0 Å². The average molecular weight is 306 g/mol. The second-order valence-electron chi connectivity index (χ2n) is 4.88. The molecule has 4 N–H and O–H groups in total. The number of anilines is 1. The number of nitrogens with one attached hydrogen (secondary N) is 3. The van der Waals surface area contributed by atoms with Gasteiger partial charge in [-0.25, -0.2) is 9.80 Å². The van der Waals surface area contributed by atoms with Crippen LogP contribution in [0.2, 0.25) is 0 Å². The Morgan fingerprint density at radius 3 is 2.59 bits per heavy atom. The molecule has 22 heavy (non-hydrogen) atoms. The predicted octanol–water partition coefficient (Wildman–Crippen LogP) is -0.350. The molecule has 1 aliphatic rings. The molecule has 8 heteroatoms. The summed E-state index contributed by atoms with van der Waals surface area (Å²) in [4.78, 5) is 34.4. The van der Waals surface area contributed by atoms with Crippen molar-refractivity contribution in [3.63, 3.8) is 0 Å². The van der Waals surface area contributed by atoms with E-state index in [1.54, 1.807) is 11.1 Å². The van der Waals surface area contributed by atoms with E-state index in [-0.39, 0.29) is 12.0 Å². The maximum absolute atomic E-state index is 11.8. The van der Waals surface area contributed by atoms with Crippen LogP contribution in [-0.4, -0.2) is 54.1 Å². The van der Waals surface area contributed by atoms with E-state index in [2.05, 4.69) is 16.1 Å². The van der Waals surface area contributed by atoms with E-state index in [9.17, 15) is 14.4 Å². The molecule has 1 fully saturated rings. The molecule has 1 aromatic carbocycles. The normalized spacial score (nSPS) is 15.1. The standard InChI is InChI=1S/C14H18N4O4/c19-12(9-13(20)17-18-6-4-15-5-7-18)16-11-3-1-2-10(8-11)14(21)22/h1-3,8,15H,4-7,9H2,(H,16,19)(H,17,20)(H,21,22). The Labute approximate surface area is 127 Å². The van der Waals surface area contributed by atoms with Crippen LogP contribution in [0, 0.1) is 0 Å². The van der Waals surface area contributed by atoms with Crippen LogP contribution in [0.5, 0.6) is 0 Å². The molecule has 1 saturated heterocycles. The first-order valence-electron chi connectivity index (χ1n) is 6.93. The van der Waals surface area contributed by atoms with Crippen molar-refractivity contribution >= 4 is 23.5 Å². The number of benzene rings is 1. The van der Waals surface area contributed by atoms with Crippen LogP contribution in [0.25, 0.3) is 0 Å². The Bertz CT molecular complexity index is 570. The number of amides is 2. The van der Waals surface area contributed by atoms with Gasteiger partial charge < -0.3 is 15.7 Å². The lowest BCUT2D eigenvalue weighted by Crippen LogP contribution is -2.52. The Balaban J connectivity index is 1.83. The van der Waals surface area contributed by atoms with Crippen molar-refractivity contribution in [2.45, 2.75) is 6.42 Å². The van der Waals surface area contributed by atoms with E-state index in [4.69, 9.17) is 5.11 Å². The van der Waals surface area contributed by atoms with Gasteiger partial charge in [0.25, 0.3) is 0 Å². The minimum atomic E-state index is -1.08. The molecule has 2 amide bonds. The molecule has 0 atom stereocenters. The van der Waals surface area contributed by atoms with Crippen LogP contribution >= 0.6 is 0 Å². The molecule has 1 aromatic rings. The fraction of sp³-hybridized carbons (Fsp3) is 0.357. The lowest BCUT2D eigenvalue weighted by molar-refractivity contribution is -0.130. The van der Waals surface area contributed by atoms with E-state index in [1.165, 1.54) is 18.2 Å². The van der Waals surface area contributed by atoms with Crippen LogP contribution in [0.3, 0.4) is 0 Å². The smallest absolute Gasteiger partial charge is 0.335 e. The van der Waals surface area contributed by atoms with E-state index in [0.29, 0.717) is 18.8 Å². The number of hydrazine groups is 1. The molecule has 0 saturated carbocycles. The van der Waals surface area contributed by atoms with E-state index < -0.39 is 17.8 Å². The number of aromatic carboxylic acids is 1. The topological polar surface area (TPSA) is 111 Å². The third-order valence-corrected chi connectivity index (χ3v) is 3.11. The molecule has 0 aromatic heterocycles. The summed E-state index contributed by atoms with van der Waals surface area (Å²) in [7, 11) is 0. The van der Waals surface area contributed by atoms with Crippen molar-refractivity contribution < 1.29 is 19.5 Å². The van der Waals surface area contributed by atoms with Gasteiger partial charge in [-0.05, 0) is 18.2 Å². The largest absolute Gasteiger partial charge is 0.478 e. The summed E-state index contributed by atoms with van der Waals surface area (Å²) < 4.78 is 0. The maximum Gasteiger partial charge on any atom is 0.335 e. The van der Waals surface area contributed by atoms with Gasteiger partial charge in [-0.15, -0.1) is 0 Å².